The van der Waals surface area contributed by atoms with Gasteiger partial charge in [0.25, 0.3) is 11.5 Å². The lowest BCUT2D eigenvalue weighted by Gasteiger charge is -2.20. The number of rotatable bonds is 5. The third-order valence-corrected chi connectivity index (χ3v) is 5.17. The molecule has 2 aromatic rings. The van der Waals surface area contributed by atoms with E-state index in [-0.39, 0.29) is 11.5 Å². The maximum atomic E-state index is 12.8. The van der Waals surface area contributed by atoms with E-state index in [4.69, 9.17) is 17.0 Å². The zero-order valence-corrected chi connectivity index (χ0v) is 15.9. The maximum absolute atomic E-state index is 12.8. The van der Waals surface area contributed by atoms with Gasteiger partial charge >= 0.3 is 0 Å². The third-order valence-electron chi connectivity index (χ3n) is 4.85. The van der Waals surface area contributed by atoms with Gasteiger partial charge < -0.3 is 14.6 Å². The molecular weight excluding hydrogens is 350 g/mol. The first kappa shape index (κ1) is 18.8. The molecule has 1 aromatic carbocycles. The fourth-order valence-electron chi connectivity index (χ4n) is 3.41. The Morgan fingerprint density at radius 2 is 1.96 bits per heavy atom. The Morgan fingerprint density at radius 3 is 2.65 bits per heavy atom. The second-order valence-electron chi connectivity index (χ2n) is 6.70. The molecule has 0 bridgehead atoms. The van der Waals surface area contributed by atoms with Crippen molar-refractivity contribution in [2.75, 3.05) is 26.8 Å². The molecule has 7 heteroatoms. The molecule has 140 valence electrons. The summed E-state index contributed by atoms with van der Waals surface area (Å²) < 4.78 is 6.96. The van der Waals surface area contributed by atoms with E-state index in [1.807, 2.05) is 4.90 Å². The zero-order valence-electron chi connectivity index (χ0n) is 15.1. The van der Waals surface area contributed by atoms with Crippen molar-refractivity contribution in [1.29, 1.82) is 0 Å². The number of amides is 1. The number of ether oxygens (including phenoxy) is 1. The number of hydrogen-bond acceptors (Lipinski definition) is 4. The van der Waals surface area contributed by atoms with Gasteiger partial charge in [0, 0.05) is 38.9 Å². The second-order valence-corrected chi connectivity index (χ2v) is 7.09. The number of carbonyl (C=O) groups excluding carboxylic acids is 1. The van der Waals surface area contributed by atoms with Crippen LogP contribution in [0.4, 0.5) is 0 Å². The molecule has 3 rings (SSSR count). The summed E-state index contributed by atoms with van der Waals surface area (Å²) in [5.74, 6) is 0.0254. The van der Waals surface area contributed by atoms with Crippen molar-refractivity contribution >= 4 is 29.0 Å². The molecule has 1 aliphatic rings. The molecule has 6 nitrogen and oxygen atoms in total. The van der Waals surface area contributed by atoms with Crippen LogP contribution >= 0.6 is 12.2 Å². The fourth-order valence-corrected chi connectivity index (χ4v) is 3.70. The lowest BCUT2D eigenvalue weighted by molar-refractivity contribution is 0.0762. The van der Waals surface area contributed by atoms with Gasteiger partial charge in [-0.05, 0) is 49.7 Å². The number of aromatic amines is 1. The fraction of sp³-hybridized carbons (Fsp3) is 0.526. The first-order valence-electron chi connectivity index (χ1n) is 9.17. The van der Waals surface area contributed by atoms with Crippen molar-refractivity contribution in [3.8, 4) is 0 Å². The summed E-state index contributed by atoms with van der Waals surface area (Å²) in [7, 11) is 1.63. The van der Waals surface area contributed by atoms with E-state index in [1.165, 1.54) is 12.8 Å². The summed E-state index contributed by atoms with van der Waals surface area (Å²) in [4.78, 5) is 30.5. The Hall–Kier alpha value is -1.99. The maximum Gasteiger partial charge on any atom is 0.262 e. The first-order chi connectivity index (χ1) is 12.6. The number of nitrogens with zero attached hydrogens (tertiary/aromatic N) is 2. The molecule has 0 saturated carbocycles. The molecular formula is C19H25N3O3S. The third kappa shape index (κ3) is 4.04. The Bertz CT molecular complexity index is 895. The van der Waals surface area contributed by atoms with Gasteiger partial charge in [0.05, 0.1) is 10.9 Å². The predicted molar refractivity (Wildman–Crippen MR) is 104 cm³/mol. The largest absolute Gasteiger partial charge is 0.385 e. The molecule has 1 aliphatic heterocycles. The molecule has 1 saturated heterocycles. The van der Waals surface area contributed by atoms with E-state index in [2.05, 4.69) is 4.98 Å². The topological polar surface area (TPSA) is 67.3 Å². The number of aromatic nitrogens is 2. The van der Waals surface area contributed by atoms with Crippen LogP contribution in [0.3, 0.4) is 0 Å². The quantitative estimate of drug-likeness (QED) is 0.644. The number of hydrogen-bond donors (Lipinski definition) is 1. The van der Waals surface area contributed by atoms with Crippen molar-refractivity contribution in [3.05, 3.63) is 38.9 Å². The van der Waals surface area contributed by atoms with Crippen molar-refractivity contribution < 1.29 is 9.53 Å². The van der Waals surface area contributed by atoms with E-state index in [9.17, 15) is 9.59 Å². The molecule has 0 aliphatic carbocycles. The van der Waals surface area contributed by atoms with Crippen molar-refractivity contribution in [1.82, 2.24) is 14.5 Å². The highest BCUT2D eigenvalue weighted by atomic mass is 32.1. The highest BCUT2D eigenvalue weighted by molar-refractivity contribution is 7.71. The van der Waals surface area contributed by atoms with Crippen LogP contribution in [0.1, 0.15) is 42.5 Å². The highest BCUT2D eigenvalue weighted by Crippen LogP contribution is 2.16. The monoisotopic (exact) mass is 375 g/mol. The van der Waals surface area contributed by atoms with Crippen molar-refractivity contribution in [2.45, 2.75) is 38.6 Å². The van der Waals surface area contributed by atoms with Gasteiger partial charge in [-0.3, -0.25) is 14.2 Å². The first-order valence-corrected chi connectivity index (χ1v) is 9.58. The molecule has 1 aromatic heterocycles. The Kier molecular flexibility index (Phi) is 6.21. The van der Waals surface area contributed by atoms with Crippen LogP contribution in [0.5, 0.6) is 0 Å². The lowest BCUT2D eigenvalue weighted by atomic mass is 10.1. The molecule has 1 amide bonds. The van der Waals surface area contributed by atoms with Crippen molar-refractivity contribution in [3.63, 3.8) is 0 Å². The number of carbonyl (C=O) groups is 1. The highest BCUT2D eigenvalue weighted by Gasteiger charge is 2.18. The standard InChI is InChI=1S/C19H25N3O3S/c1-25-12-6-11-22-18(24)15-8-7-14(13-16(15)20-19(22)26)17(23)21-9-4-2-3-5-10-21/h7-8,13H,2-6,9-12H2,1H3,(H,20,26). The lowest BCUT2D eigenvalue weighted by Crippen LogP contribution is -2.32. The Balaban J connectivity index is 1.91. The van der Waals surface area contributed by atoms with Crippen LogP contribution in [-0.2, 0) is 11.3 Å². The zero-order chi connectivity index (χ0) is 18.5. The van der Waals surface area contributed by atoms with Crippen LogP contribution in [0.25, 0.3) is 10.9 Å². The van der Waals surface area contributed by atoms with E-state index in [1.54, 1.807) is 29.9 Å². The van der Waals surface area contributed by atoms with Gasteiger partial charge in [-0.25, -0.2) is 0 Å². The summed E-state index contributed by atoms with van der Waals surface area (Å²) in [6, 6.07) is 5.22. The molecule has 0 atom stereocenters. The summed E-state index contributed by atoms with van der Waals surface area (Å²) >= 11 is 5.34. The summed E-state index contributed by atoms with van der Waals surface area (Å²) in [6.07, 6.45) is 5.17. The minimum absolute atomic E-state index is 0.0254. The van der Waals surface area contributed by atoms with Gasteiger partial charge in [0.1, 0.15) is 0 Å². The average molecular weight is 375 g/mol. The number of nitrogens with one attached hydrogen (secondary N) is 1. The SMILES string of the molecule is COCCCn1c(=S)[nH]c2cc(C(=O)N3CCCCCC3)ccc2c1=O. The molecule has 26 heavy (non-hydrogen) atoms. The number of methoxy groups -OCH3 is 1. The van der Waals surface area contributed by atoms with Crippen LogP contribution in [0.2, 0.25) is 0 Å². The molecule has 0 radical (unpaired) electrons. The molecule has 1 N–H and O–H groups in total. The Labute approximate surface area is 157 Å². The normalized spacial score (nSPS) is 15.2. The summed E-state index contributed by atoms with van der Waals surface area (Å²) in [5, 5.41) is 0.545. The van der Waals surface area contributed by atoms with Gasteiger partial charge in [-0.2, -0.15) is 0 Å². The van der Waals surface area contributed by atoms with Gasteiger partial charge in [0.2, 0.25) is 0 Å². The molecule has 0 unspecified atom stereocenters. The van der Waals surface area contributed by atoms with Gasteiger partial charge in [0.15, 0.2) is 4.77 Å². The van der Waals surface area contributed by atoms with E-state index < -0.39 is 0 Å². The van der Waals surface area contributed by atoms with Gasteiger partial charge in [-0.1, -0.05) is 12.8 Å². The number of benzene rings is 1. The molecule has 2 heterocycles. The minimum atomic E-state index is -0.131. The van der Waals surface area contributed by atoms with Crippen molar-refractivity contribution in [2.24, 2.45) is 0 Å². The minimum Gasteiger partial charge on any atom is -0.385 e. The summed E-state index contributed by atoms with van der Waals surface area (Å²) in [5.41, 5.74) is 1.08. The van der Waals surface area contributed by atoms with Crippen LogP contribution in [0, 0.1) is 4.77 Å². The smallest absolute Gasteiger partial charge is 0.262 e. The van der Waals surface area contributed by atoms with E-state index in [0.717, 1.165) is 25.9 Å². The number of likely N-dealkylation sites (tertiary alicyclic amines) is 1. The van der Waals surface area contributed by atoms with Crippen LogP contribution < -0.4 is 5.56 Å². The number of H-pyrrole nitrogens is 1. The predicted octanol–water partition coefficient (Wildman–Crippen LogP) is 3.11. The van der Waals surface area contributed by atoms with E-state index in [0.29, 0.717) is 40.8 Å². The molecule has 0 spiro atoms. The Morgan fingerprint density at radius 1 is 1.23 bits per heavy atom. The van der Waals surface area contributed by atoms with Crippen LogP contribution in [0.15, 0.2) is 23.0 Å². The average Bonchev–Trinajstić information content (AvgIpc) is 2.93. The van der Waals surface area contributed by atoms with Gasteiger partial charge in [-0.15, -0.1) is 0 Å². The van der Waals surface area contributed by atoms with Crippen LogP contribution in [-0.4, -0.2) is 47.2 Å². The number of fused-ring (bicyclic) bond motifs is 1. The van der Waals surface area contributed by atoms with E-state index >= 15 is 0 Å². The summed E-state index contributed by atoms with van der Waals surface area (Å²) in [6.45, 7) is 2.68. The molecule has 1 fully saturated rings. The second kappa shape index (κ2) is 8.60.